The van der Waals surface area contributed by atoms with E-state index in [-0.39, 0.29) is 11.9 Å². The van der Waals surface area contributed by atoms with Gasteiger partial charge in [-0.1, -0.05) is 59.8 Å². The lowest BCUT2D eigenvalue weighted by Crippen LogP contribution is -2.37. The molecule has 0 aromatic heterocycles. The van der Waals surface area contributed by atoms with Crippen LogP contribution < -0.4 is 14.8 Å². The third-order valence-corrected chi connectivity index (χ3v) is 5.25. The van der Waals surface area contributed by atoms with Crippen LogP contribution in [0.5, 0.6) is 11.5 Å². The van der Waals surface area contributed by atoms with E-state index >= 15 is 0 Å². The molecular formula is C25H24N2O4. The molecule has 1 heterocycles. The van der Waals surface area contributed by atoms with E-state index in [1.54, 1.807) is 14.2 Å². The van der Waals surface area contributed by atoms with Crippen molar-refractivity contribution in [2.45, 2.75) is 18.6 Å². The molecule has 0 saturated carbocycles. The predicted molar refractivity (Wildman–Crippen MR) is 118 cm³/mol. The Kier molecular flexibility index (Phi) is 6.17. The summed E-state index contributed by atoms with van der Waals surface area (Å²) in [4.78, 5) is 18.5. The summed E-state index contributed by atoms with van der Waals surface area (Å²) in [5, 5.41) is 7.25. The van der Waals surface area contributed by atoms with Gasteiger partial charge in [-0.25, -0.2) is 0 Å². The van der Waals surface area contributed by atoms with E-state index in [0.29, 0.717) is 6.42 Å². The Morgan fingerprint density at radius 2 is 1.45 bits per heavy atom. The molecule has 31 heavy (non-hydrogen) atoms. The number of nitrogens with zero attached hydrogens (tertiary/aromatic N) is 1. The van der Waals surface area contributed by atoms with Crippen LogP contribution >= 0.6 is 0 Å². The number of hydrogen-bond acceptors (Lipinski definition) is 5. The first-order valence-electron chi connectivity index (χ1n) is 10.0. The fraction of sp³-hybridized carbons (Fsp3) is 0.200. The number of oxime groups is 1. The molecule has 1 N–H and O–H groups in total. The number of rotatable bonds is 7. The average Bonchev–Trinajstić information content (AvgIpc) is 3.34. The Hall–Kier alpha value is -3.80. The molecule has 0 radical (unpaired) electrons. The molecule has 3 aromatic carbocycles. The molecule has 0 spiro atoms. The van der Waals surface area contributed by atoms with Crippen LogP contribution in [0.2, 0.25) is 0 Å². The van der Waals surface area contributed by atoms with Crippen LogP contribution in [0.1, 0.15) is 29.2 Å². The van der Waals surface area contributed by atoms with Crippen molar-refractivity contribution in [3.05, 3.63) is 95.6 Å². The molecule has 158 valence electrons. The van der Waals surface area contributed by atoms with E-state index in [2.05, 4.69) is 10.5 Å². The van der Waals surface area contributed by atoms with Gasteiger partial charge in [-0.2, -0.15) is 0 Å². The fourth-order valence-corrected chi connectivity index (χ4v) is 3.51. The summed E-state index contributed by atoms with van der Waals surface area (Å²) in [6.45, 7) is 0. The number of hydrogen-bond donors (Lipinski definition) is 1. The number of amides is 1. The number of carbonyl (C=O) groups is 1. The first kappa shape index (κ1) is 20.5. The summed E-state index contributed by atoms with van der Waals surface area (Å²) in [5.41, 5.74) is 3.59. The van der Waals surface area contributed by atoms with Crippen LogP contribution in [-0.2, 0) is 9.63 Å². The molecule has 0 aliphatic carbocycles. The molecule has 3 aromatic rings. The highest BCUT2D eigenvalue weighted by atomic mass is 16.6. The van der Waals surface area contributed by atoms with E-state index in [4.69, 9.17) is 14.3 Å². The van der Waals surface area contributed by atoms with Crippen LogP contribution in [0, 0.1) is 0 Å². The van der Waals surface area contributed by atoms with Gasteiger partial charge in [0.2, 0.25) is 6.10 Å². The molecule has 6 nitrogen and oxygen atoms in total. The van der Waals surface area contributed by atoms with Crippen molar-refractivity contribution in [2.75, 3.05) is 14.2 Å². The maximum absolute atomic E-state index is 13.1. The highest BCUT2D eigenvalue weighted by Crippen LogP contribution is 2.27. The molecule has 1 unspecified atom stereocenters. The number of benzene rings is 3. The zero-order chi connectivity index (χ0) is 21.6. The Balaban J connectivity index is 1.53. The lowest BCUT2D eigenvalue weighted by atomic mass is 9.97. The van der Waals surface area contributed by atoms with Gasteiger partial charge in [-0.3, -0.25) is 4.79 Å². The van der Waals surface area contributed by atoms with Gasteiger partial charge in [0.1, 0.15) is 11.5 Å². The van der Waals surface area contributed by atoms with E-state index in [0.717, 1.165) is 33.9 Å². The normalized spacial score (nSPS) is 15.2. The Labute approximate surface area is 181 Å². The van der Waals surface area contributed by atoms with Crippen LogP contribution in [0.15, 0.2) is 84.0 Å². The van der Waals surface area contributed by atoms with Crippen molar-refractivity contribution in [3.8, 4) is 11.5 Å². The summed E-state index contributed by atoms with van der Waals surface area (Å²) in [6, 6.07) is 24.6. The summed E-state index contributed by atoms with van der Waals surface area (Å²) < 4.78 is 10.5. The smallest absolute Gasteiger partial charge is 0.265 e. The molecular weight excluding hydrogens is 392 g/mol. The Morgan fingerprint density at radius 1 is 0.903 bits per heavy atom. The van der Waals surface area contributed by atoms with Gasteiger partial charge >= 0.3 is 0 Å². The van der Waals surface area contributed by atoms with Gasteiger partial charge in [0.25, 0.3) is 5.91 Å². The van der Waals surface area contributed by atoms with Crippen molar-refractivity contribution in [2.24, 2.45) is 5.16 Å². The first-order chi connectivity index (χ1) is 15.2. The summed E-state index contributed by atoms with van der Waals surface area (Å²) in [6.07, 6.45) is -0.248. The van der Waals surface area contributed by atoms with Gasteiger partial charge in [0.15, 0.2) is 0 Å². The van der Waals surface area contributed by atoms with Gasteiger partial charge in [-0.05, 0) is 41.0 Å². The number of methoxy groups -OCH3 is 2. The summed E-state index contributed by atoms with van der Waals surface area (Å²) in [5.74, 6) is 1.29. The topological polar surface area (TPSA) is 69.2 Å². The van der Waals surface area contributed by atoms with E-state index in [1.807, 2.05) is 78.9 Å². The largest absolute Gasteiger partial charge is 0.497 e. The van der Waals surface area contributed by atoms with Gasteiger partial charge in [0, 0.05) is 6.42 Å². The van der Waals surface area contributed by atoms with E-state index in [1.165, 1.54) is 0 Å². The van der Waals surface area contributed by atoms with Gasteiger partial charge in [-0.15, -0.1) is 0 Å². The van der Waals surface area contributed by atoms with Crippen LogP contribution in [-0.4, -0.2) is 31.9 Å². The fourth-order valence-electron chi connectivity index (χ4n) is 3.51. The second-order valence-electron chi connectivity index (χ2n) is 7.19. The predicted octanol–water partition coefficient (Wildman–Crippen LogP) is 4.10. The maximum Gasteiger partial charge on any atom is 0.265 e. The molecule has 0 saturated heterocycles. The van der Waals surface area contributed by atoms with Crippen molar-refractivity contribution >= 4 is 11.6 Å². The molecule has 1 aliphatic heterocycles. The van der Waals surface area contributed by atoms with E-state index < -0.39 is 6.10 Å². The lowest BCUT2D eigenvalue weighted by molar-refractivity contribution is -0.131. The van der Waals surface area contributed by atoms with Crippen LogP contribution in [0.4, 0.5) is 0 Å². The molecule has 1 amide bonds. The highest BCUT2D eigenvalue weighted by Gasteiger charge is 2.31. The van der Waals surface area contributed by atoms with Crippen LogP contribution in [0.3, 0.4) is 0 Å². The quantitative estimate of drug-likeness (QED) is 0.630. The molecule has 1 aliphatic rings. The summed E-state index contributed by atoms with van der Waals surface area (Å²) in [7, 11) is 3.25. The Morgan fingerprint density at radius 3 is 1.97 bits per heavy atom. The number of nitrogens with one attached hydrogen (secondary N) is 1. The molecule has 6 heteroatoms. The van der Waals surface area contributed by atoms with Crippen molar-refractivity contribution in [1.82, 2.24) is 5.32 Å². The number of carbonyl (C=O) groups excluding carboxylic acids is 1. The zero-order valence-electron chi connectivity index (χ0n) is 17.4. The highest BCUT2D eigenvalue weighted by molar-refractivity contribution is 6.04. The zero-order valence-corrected chi connectivity index (χ0v) is 17.4. The minimum atomic E-state index is -0.672. The SMILES string of the molecule is COc1ccc(C(NC(=O)C2CC(c3ccccc3)=NO2)c2ccc(OC)cc2)cc1. The van der Waals surface area contributed by atoms with Crippen molar-refractivity contribution in [3.63, 3.8) is 0 Å². The second kappa shape index (κ2) is 9.34. The second-order valence-corrected chi connectivity index (χ2v) is 7.19. The third kappa shape index (κ3) is 4.69. The minimum Gasteiger partial charge on any atom is -0.497 e. The van der Waals surface area contributed by atoms with Gasteiger partial charge in [0.05, 0.1) is 26.0 Å². The minimum absolute atomic E-state index is 0.216. The summed E-state index contributed by atoms with van der Waals surface area (Å²) >= 11 is 0. The third-order valence-electron chi connectivity index (χ3n) is 5.25. The molecule has 0 fully saturated rings. The molecule has 1 atom stereocenters. The van der Waals surface area contributed by atoms with E-state index in [9.17, 15) is 4.79 Å². The number of ether oxygens (including phenoxy) is 2. The van der Waals surface area contributed by atoms with Gasteiger partial charge < -0.3 is 19.6 Å². The standard InChI is InChI=1S/C25H24N2O4/c1-29-20-12-8-18(9-13-20)24(19-10-14-21(30-2)15-11-19)26-25(28)23-16-22(27-31-23)17-6-4-3-5-7-17/h3-15,23-24H,16H2,1-2H3,(H,26,28). The first-order valence-corrected chi connectivity index (χ1v) is 10.0. The molecule has 4 rings (SSSR count). The monoisotopic (exact) mass is 416 g/mol. The maximum atomic E-state index is 13.1. The average molecular weight is 416 g/mol. The Bertz CT molecular complexity index is 1000. The molecule has 0 bridgehead atoms. The lowest BCUT2D eigenvalue weighted by Gasteiger charge is -2.22. The van der Waals surface area contributed by atoms with Crippen molar-refractivity contribution in [1.29, 1.82) is 0 Å². The van der Waals surface area contributed by atoms with Crippen LogP contribution in [0.25, 0.3) is 0 Å². The van der Waals surface area contributed by atoms with Crippen molar-refractivity contribution < 1.29 is 19.1 Å².